The molecule has 0 spiro atoms. The van der Waals surface area contributed by atoms with Crippen molar-refractivity contribution in [3.63, 3.8) is 0 Å². The number of fused-ring (bicyclic) bond motifs is 1. The Labute approximate surface area is 194 Å². The third-order valence-corrected chi connectivity index (χ3v) is 6.42. The number of hydrazine groups is 1. The van der Waals surface area contributed by atoms with Gasteiger partial charge in [-0.15, -0.1) is 0 Å². The topological polar surface area (TPSA) is 62.2 Å². The lowest BCUT2D eigenvalue weighted by molar-refractivity contribution is 0.0791. The minimum Gasteiger partial charge on any atom is -0.342 e. The van der Waals surface area contributed by atoms with Crippen molar-refractivity contribution in [2.75, 3.05) is 13.6 Å². The molecule has 6 nitrogen and oxygen atoms in total. The number of amides is 1. The van der Waals surface area contributed by atoms with Crippen molar-refractivity contribution < 1.29 is 4.79 Å². The highest BCUT2D eigenvalue weighted by atomic mass is 16.2. The van der Waals surface area contributed by atoms with Gasteiger partial charge in [-0.2, -0.15) is 0 Å². The van der Waals surface area contributed by atoms with E-state index < -0.39 is 0 Å². The Morgan fingerprint density at radius 1 is 1.00 bits per heavy atom. The van der Waals surface area contributed by atoms with E-state index in [-0.39, 0.29) is 5.91 Å². The average molecular weight is 440 g/mol. The first-order valence-electron chi connectivity index (χ1n) is 11.5. The number of nitrogens with zero attached hydrogens (tertiary/aromatic N) is 3. The molecule has 6 heteroatoms. The first-order valence-corrected chi connectivity index (χ1v) is 11.5. The zero-order chi connectivity index (χ0) is 22.6. The molecular formula is C27H29N5O. The maximum absolute atomic E-state index is 12.9. The molecule has 3 aromatic carbocycles. The van der Waals surface area contributed by atoms with Gasteiger partial charge < -0.3 is 4.90 Å². The monoisotopic (exact) mass is 439 g/mol. The fourth-order valence-corrected chi connectivity index (χ4v) is 4.54. The van der Waals surface area contributed by atoms with E-state index >= 15 is 0 Å². The van der Waals surface area contributed by atoms with Crippen molar-refractivity contribution in [2.45, 2.75) is 31.3 Å². The molecule has 1 aromatic heterocycles. The lowest BCUT2D eigenvalue weighted by atomic mass is 10.00. The summed E-state index contributed by atoms with van der Waals surface area (Å²) in [6, 6.07) is 27.1. The molecule has 2 heterocycles. The number of nitrogens with one attached hydrogen (secondary N) is 2. The molecular weight excluding hydrogens is 410 g/mol. The molecule has 0 radical (unpaired) electrons. The normalized spacial score (nSPS) is 18.0. The van der Waals surface area contributed by atoms with Crippen molar-refractivity contribution in [3.8, 4) is 5.69 Å². The van der Waals surface area contributed by atoms with Gasteiger partial charge in [0.25, 0.3) is 5.91 Å². The number of carbonyl (C=O) groups excluding carboxylic acids is 1. The smallest absolute Gasteiger partial charge is 0.253 e. The number of carbonyl (C=O) groups is 1. The predicted molar refractivity (Wildman–Crippen MR) is 131 cm³/mol. The molecule has 2 N–H and O–H groups in total. The summed E-state index contributed by atoms with van der Waals surface area (Å²) in [7, 11) is 1.88. The van der Waals surface area contributed by atoms with E-state index in [1.54, 1.807) is 0 Å². The zero-order valence-corrected chi connectivity index (χ0v) is 18.8. The molecule has 0 saturated carbocycles. The molecule has 1 saturated heterocycles. The summed E-state index contributed by atoms with van der Waals surface area (Å²) >= 11 is 0. The van der Waals surface area contributed by atoms with Gasteiger partial charge in [0.1, 0.15) is 6.33 Å². The van der Waals surface area contributed by atoms with Crippen molar-refractivity contribution in [1.82, 2.24) is 25.3 Å². The highest BCUT2D eigenvalue weighted by molar-refractivity contribution is 5.94. The number of rotatable bonds is 7. The summed E-state index contributed by atoms with van der Waals surface area (Å²) in [5.74, 6) is 0.0525. The molecule has 33 heavy (non-hydrogen) atoms. The van der Waals surface area contributed by atoms with Gasteiger partial charge in [-0.3, -0.25) is 20.2 Å². The Morgan fingerprint density at radius 3 is 2.58 bits per heavy atom. The van der Waals surface area contributed by atoms with Crippen LogP contribution in [0.3, 0.4) is 0 Å². The summed E-state index contributed by atoms with van der Waals surface area (Å²) in [6.45, 7) is 0.737. The van der Waals surface area contributed by atoms with Crippen LogP contribution in [0.25, 0.3) is 16.7 Å². The van der Waals surface area contributed by atoms with Crippen LogP contribution in [0.2, 0.25) is 0 Å². The molecule has 1 aliphatic rings. The number of hydrogen-bond acceptors (Lipinski definition) is 4. The summed E-state index contributed by atoms with van der Waals surface area (Å²) in [4.78, 5) is 19.2. The molecule has 1 aliphatic heterocycles. The third-order valence-electron chi connectivity index (χ3n) is 6.42. The predicted octanol–water partition coefficient (Wildman–Crippen LogP) is 4.49. The Morgan fingerprint density at radius 2 is 1.76 bits per heavy atom. The lowest BCUT2D eigenvalue weighted by Crippen LogP contribution is -2.32. The Kier molecular flexibility index (Phi) is 6.19. The van der Waals surface area contributed by atoms with Crippen molar-refractivity contribution in [2.24, 2.45) is 0 Å². The second-order valence-corrected chi connectivity index (χ2v) is 8.70. The molecule has 168 valence electrons. The Balaban J connectivity index is 1.13. The van der Waals surface area contributed by atoms with E-state index in [0.717, 1.165) is 42.5 Å². The quantitative estimate of drug-likeness (QED) is 0.446. The SMILES string of the molecule is CN(CCCC1CC(c2ccccc2)NN1)C(=O)c1ccc(-n2cnc3ccccc32)cc1. The van der Waals surface area contributed by atoms with Crippen LogP contribution in [0.1, 0.15) is 41.2 Å². The average Bonchev–Trinajstić information content (AvgIpc) is 3.52. The third kappa shape index (κ3) is 4.67. The number of imidazole rings is 1. The highest BCUT2D eigenvalue weighted by Crippen LogP contribution is 2.24. The standard InChI is InChI=1S/C27H29N5O/c1-31(17-7-10-22-18-25(30-29-22)20-8-3-2-4-9-20)27(33)21-13-15-23(16-14-21)32-19-28-24-11-5-6-12-26(24)32/h2-6,8-9,11-16,19,22,25,29-30H,7,10,17-18H2,1H3. The zero-order valence-electron chi connectivity index (χ0n) is 18.8. The van der Waals surface area contributed by atoms with Crippen LogP contribution in [0.15, 0.2) is 85.2 Å². The molecule has 0 aliphatic carbocycles. The van der Waals surface area contributed by atoms with E-state index in [1.165, 1.54) is 5.56 Å². The maximum Gasteiger partial charge on any atom is 0.253 e. The van der Waals surface area contributed by atoms with Gasteiger partial charge in [0.15, 0.2) is 0 Å². The molecule has 4 aromatic rings. The van der Waals surface area contributed by atoms with Crippen LogP contribution in [0.5, 0.6) is 0 Å². The Bertz CT molecular complexity index is 1220. The number of aromatic nitrogens is 2. The van der Waals surface area contributed by atoms with E-state index in [0.29, 0.717) is 17.6 Å². The number of para-hydroxylation sites is 2. The van der Waals surface area contributed by atoms with E-state index in [9.17, 15) is 4.79 Å². The fraction of sp³-hybridized carbons (Fsp3) is 0.259. The van der Waals surface area contributed by atoms with Gasteiger partial charge in [-0.1, -0.05) is 42.5 Å². The molecule has 1 fully saturated rings. The van der Waals surface area contributed by atoms with Gasteiger partial charge in [-0.25, -0.2) is 4.98 Å². The van der Waals surface area contributed by atoms with Crippen molar-refractivity contribution in [1.29, 1.82) is 0 Å². The van der Waals surface area contributed by atoms with Crippen LogP contribution in [-0.2, 0) is 0 Å². The second-order valence-electron chi connectivity index (χ2n) is 8.70. The largest absolute Gasteiger partial charge is 0.342 e. The summed E-state index contributed by atoms with van der Waals surface area (Å²) in [5, 5.41) is 0. The number of hydrogen-bond donors (Lipinski definition) is 2. The van der Waals surface area contributed by atoms with Gasteiger partial charge in [-0.05, 0) is 61.2 Å². The molecule has 5 rings (SSSR count). The lowest BCUT2D eigenvalue weighted by Gasteiger charge is -2.18. The van der Waals surface area contributed by atoms with E-state index in [1.807, 2.05) is 77.4 Å². The molecule has 2 unspecified atom stereocenters. The molecule has 0 bridgehead atoms. The van der Waals surface area contributed by atoms with Crippen LogP contribution < -0.4 is 10.9 Å². The van der Waals surface area contributed by atoms with Gasteiger partial charge >= 0.3 is 0 Å². The van der Waals surface area contributed by atoms with Crippen LogP contribution in [0.4, 0.5) is 0 Å². The van der Waals surface area contributed by atoms with E-state index in [4.69, 9.17) is 0 Å². The summed E-state index contributed by atoms with van der Waals surface area (Å²) in [5.41, 5.74) is 11.8. The van der Waals surface area contributed by atoms with Gasteiger partial charge in [0.2, 0.25) is 0 Å². The molecule has 2 atom stereocenters. The number of benzene rings is 3. The fourth-order valence-electron chi connectivity index (χ4n) is 4.54. The van der Waals surface area contributed by atoms with Crippen LogP contribution in [-0.4, -0.2) is 40.0 Å². The summed E-state index contributed by atoms with van der Waals surface area (Å²) < 4.78 is 2.04. The van der Waals surface area contributed by atoms with Crippen molar-refractivity contribution in [3.05, 3.63) is 96.3 Å². The van der Waals surface area contributed by atoms with Gasteiger partial charge in [0, 0.05) is 36.9 Å². The minimum atomic E-state index is 0.0525. The van der Waals surface area contributed by atoms with Crippen molar-refractivity contribution >= 4 is 16.9 Å². The first kappa shape index (κ1) is 21.4. The maximum atomic E-state index is 12.9. The summed E-state index contributed by atoms with van der Waals surface area (Å²) in [6.07, 6.45) is 4.87. The highest BCUT2D eigenvalue weighted by Gasteiger charge is 2.24. The Hall–Kier alpha value is -3.48. The second kappa shape index (κ2) is 9.57. The van der Waals surface area contributed by atoms with Crippen LogP contribution in [0, 0.1) is 0 Å². The van der Waals surface area contributed by atoms with Crippen LogP contribution >= 0.6 is 0 Å². The van der Waals surface area contributed by atoms with Gasteiger partial charge in [0.05, 0.1) is 11.0 Å². The first-order chi connectivity index (χ1) is 16.2. The minimum absolute atomic E-state index is 0.0525. The molecule has 1 amide bonds. The van der Waals surface area contributed by atoms with E-state index in [2.05, 4.69) is 40.1 Å².